The van der Waals surface area contributed by atoms with Gasteiger partial charge in [-0.3, -0.25) is 4.79 Å². The third-order valence-corrected chi connectivity index (χ3v) is 6.12. The second kappa shape index (κ2) is 7.97. The average Bonchev–Trinajstić information content (AvgIpc) is 3.08. The van der Waals surface area contributed by atoms with E-state index in [9.17, 15) is 26.4 Å². The van der Waals surface area contributed by atoms with E-state index in [0.29, 0.717) is 21.4 Å². The monoisotopic (exact) mass is 472 g/mol. The molecule has 0 spiro atoms. The fourth-order valence-electron chi connectivity index (χ4n) is 2.86. The quantitative estimate of drug-likeness (QED) is 0.619. The van der Waals surface area contributed by atoms with Gasteiger partial charge in [-0.25, -0.2) is 17.8 Å². The Balaban J connectivity index is 2.08. The average molecular weight is 473 g/mol. The number of nitrogens with one attached hydrogen (secondary N) is 1. The summed E-state index contributed by atoms with van der Waals surface area (Å²) in [5, 5.41) is 6.65. The molecular formula is C19H16ClF3N4O3S. The molecule has 31 heavy (non-hydrogen) atoms. The van der Waals surface area contributed by atoms with Crippen LogP contribution in [0, 0.1) is 20.8 Å². The summed E-state index contributed by atoms with van der Waals surface area (Å²) in [7, 11) is -4.46. The van der Waals surface area contributed by atoms with E-state index in [0.717, 1.165) is 0 Å². The molecule has 3 aromatic rings. The number of carbonyl (C=O) groups is 1. The van der Waals surface area contributed by atoms with Crippen LogP contribution in [0.4, 0.5) is 13.2 Å². The van der Waals surface area contributed by atoms with Crippen molar-refractivity contribution in [3.05, 3.63) is 69.5 Å². The van der Waals surface area contributed by atoms with Crippen molar-refractivity contribution in [1.29, 1.82) is 0 Å². The first-order chi connectivity index (χ1) is 14.3. The van der Waals surface area contributed by atoms with Gasteiger partial charge < -0.3 is 0 Å². The van der Waals surface area contributed by atoms with Crippen LogP contribution in [0.25, 0.3) is 5.69 Å². The zero-order chi connectivity index (χ0) is 23.1. The Labute approximate surface area is 180 Å². The van der Waals surface area contributed by atoms with Gasteiger partial charge in [-0.2, -0.15) is 13.2 Å². The molecule has 1 N–H and O–H groups in total. The minimum absolute atomic E-state index is 0.0506. The molecule has 0 aliphatic heterocycles. The molecule has 0 aliphatic carbocycles. The number of hydrogen-bond donors (Lipinski definition) is 1. The van der Waals surface area contributed by atoms with Crippen LogP contribution in [0.2, 0.25) is 5.02 Å². The van der Waals surface area contributed by atoms with Crippen molar-refractivity contribution in [1.82, 2.24) is 19.7 Å². The van der Waals surface area contributed by atoms with Crippen molar-refractivity contribution >= 4 is 27.5 Å². The fraction of sp³-hybridized carbons (Fsp3) is 0.211. The first-order valence-corrected chi connectivity index (χ1v) is 10.6. The predicted molar refractivity (Wildman–Crippen MR) is 107 cm³/mol. The lowest BCUT2D eigenvalue weighted by Gasteiger charge is -2.13. The van der Waals surface area contributed by atoms with Gasteiger partial charge in [0.1, 0.15) is 0 Å². The van der Waals surface area contributed by atoms with Gasteiger partial charge in [0.15, 0.2) is 11.4 Å². The third kappa shape index (κ3) is 4.57. The summed E-state index contributed by atoms with van der Waals surface area (Å²) in [5.74, 6) is -1.57. The molecule has 0 saturated heterocycles. The van der Waals surface area contributed by atoms with Crippen molar-refractivity contribution in [3.8, 4) is 5.69 Å². The van der Waals surface area contributed by atoms with E-state index in [-0.39, 0.29) is 15.6 Å². The van der Waals surface area contributed by atoms with Gasteiger partial charge in [0.25, 0.3) is 15.9 Å². The summed E-state index contributed by atoms with van der Waals surface area (Å²) in [6, 6.07) is 8.70. The zero-order valence-electron chi connectivity index (χ0n) is 16.5. The van der Waals surface area contributed by atoms with Crippen LogP contribution in [-0.4, -0.2) is 29.3 Å². The summed E-state index contributed by atoms with van der Waals surface area (Å²) in [5.41, 5.74) is -1.31. The highest BCUT2D eigenvalue weighted by atomic mass is 35.5. The summed E-state index contributed by atoms with van der Waals surface area (Å²) >= 11 is 6.04. The van der Waals surface area contributed by atoms with Crippen LogP contribution in [0.5, 0.6) is 0 Å². The maximum atomic E-state index is 13.8. The smallest absolute Gasteiger partial charge is 0.266 e. The number of nitrogens with zero attached hydrogens (tertiary/aromatic N) is 3. The zero-order valence-corrected chi connectivity index (χ0v) is 18.0. The van der Waals surface area contributed by atoms with Crippen molar-refractivity contribution in [2.24, 2.45) is 0 Å². The van der Waals surface area contributed by atoms with E-state index in [2.05, 4.69) is 10.3 Å². The maximum absolute atomic E-state index is 13.8. The van der Waals surface area contributed by atoms with Crippen LogP contribution in [0.1, 0.15) is 32.9 Å². The number of sulfonamides is 1. The maximum Gasteiger partial charge on any atom is 0.435 e. The summed E-state index contributed by atoms with van der Waals surface area (Å²) in [4.78, 5) is 12.3. The van der Waals surface area contributed by atoms with E-state index in [1.165, 1.54) is 37.3 Å². The third-order valence-electron chi connectivity index (χ3n) is 4.35. The summed E-state index contributed by atoms with van der Waals surface area (Å²) in [6.45, 7) is 4.83. The topological polar surface area (TPSA) is 93.9 Å². The highest BCUT2D eigenvalue weighted by Gasteiger charge is 2.43. The molecule has 0 atom stereocenters. The molecule has 7 nitrogen and oxygen atoms in total. The normalized spacial score (nSPS) is 12.1. The number of carbonyl (C=O) groups excluding carboxylic acids is 1. The molecule has 164 valence electrons. The first-order valence-electron chi connectivity index (χ1n) is 8.75. The highest BCUT2D eigenvalue weighted by Crippen LogP contribution is 2.34. The molecule has 12 heteroatoms. The molecule has 0 fully saturated rings. The van der Waals surface area contributed by atoms with Gasteiger partial charge in [-0.15, -0.1) is 5.10 Å². The number of rotatable bonds is 4. The number of aryl methyl sites for hydroxylation is 3. The molecule has 0 bridgehead atoms. The standard InChI is InChI=1S/C19H16ClF3N4O3S/c1-10-5-7-14(13(20)8-10)27-17(19(21,22)23)16(24-26-27)18(28)25-31(29,30)15-9-11(2)4-6-12(15)3/h4-9H,1-3H3,(H,25,28). The molecule has 3 rings (SSSR count). The molecule has 2 aromatic carbocycles. The highest BCUT2D eigenvalue weighted by molar-refractivity contribution is 7.90. The SMILES string of the molecule is Cc1ccc(-n2nnc(C(=O)NS(=O)(=O)c3cc(C)ccc3C)c2C(F)(F)F)c(Cl)c1. The Morgan fingerprint density at radius 3 is 2.29 bits per heavy atom. The molecule has 0 unspecified atom stereocenters. The molecular weight excluding hydrogens is 457 g/mol. The van der Waals surface area contributed by atoms with Crippen LogP contribution >= 0.6 is 11.6 Å². The fourth-order valence-corrected chi connectivity index (χ4v) is 4.46. The largest absolute Gasteiger partial charge is 0.435 e. The van der Waals surface area contributed by atoms with Crippen LogP contribution in [-0.2, 0) is 16.2 Å². The van der Waals surface area contributed by atoms with E-state index in [1.54, 1.807) is 24.6 Å². The molecule has 1 amide bonds. The van der Waals surface area contributed by atoms with E-state index in [4.69, 9.17) is 11.6 Å². The summed E-state index contributed by atoms with van der Waals surface area (Å²) in [6.07, 6.45) is -5.08. The van der Waals surface area contributed by atoms with Crippen molar-refractivity contribution < 1.29 is 26.4 Å². The van der Waals surface area contributed by atoms with Gasteiger partial charge >= 0.3 is 6.18 Å². The lowest BCUT2D eigenvalue weighted by molar-refractivity contribution is -0.143. The van der Waals surface area contributed by atoms with E-state index >= 15 is 0 Å². The van der Waals surface area contributed by atoms with Crippen molar-refractivity contribution in [2.75, 3.05) is 0 Å². The predicted octanol–water partition coefficient (Wildman–Crippen LogP) is 3.98. The minimum Gasteiger partial charge on any atom is -0.266 e. The number of benzene rings is 2. The Bertz CT molecular complexity index is 1290. The first kappa shape index (κ1) is 22.8. The van der Waals surface area contributed by atoms with Gasteiger partial charge in [0.2, 0.25) is 0 Å². The number of aromatic nitrogens is 3. The second-order valence-corrected chi connectivity index (χ2v) is 8.91. The van der Waals surface area contributed by atoms with Crippen LogP contribution in [0.15, 0.2) is 41.3 Å². The van der Waals surface area contributed by atoms with Gasteiger partial charge in [-0.05, 0) is 55.7 Å². The number of amides is 1. The summed E-state index contributed by atoms with van der Waals surface area (Å²) < 4.78 is 68.7. The van der Waals surface area contributed by atoms with E-state index in [1.807, 2.05) is 0 Å². The van der Waals surface area contributed by atoms with E-state index < -0.39 is 33.5 Å². The van der Waals surface area contributed by atoms with Gasteiger partial charge in [0.05, 0.1) is 15.6 Å². The number of halogens is 4. The van der Waals surface area contributed by atoms with Crippen LogP contribution < -0.4 is 4.72 Å². The lowest BCUT2D eigenvalue weighted by atomic mass is 10.2. The molecule has 0 saturated carbocycles. The Morgan fingerprint density at radius 1 is 1.06 bits per heavy atom. The number of hydrogen-bond acceptors (Lipinski definition) is 5. The van der Waals surface area contributed by atoms with Gasteiger partial charge in [-0.1, -0.05) is 35.0 Å². The molecule has 0 radical (unpaired) electrons. The number of alkyl halides is 3. The Hall–Kier alpha value is -2.92. The molecule has 1 heterocycles. The molecule has 1 aromatic heterocycles. The van der Waals surface area contributed by atoms with Crippen LogP contribution in [0.3, 0.4) is 0 Å². The minimum atomic E-state index is -5.08. The molecule has 0 aliphatic rings. The Morgan fingerprint density at radius 2 is 1.68 bits per heavy atom. The van der Waals surface area contributed by atoms with Gasteiger partial charge in [0, 0.05) is 0 Å². The lowest BCUT2D eigenvalue weighted by Crippen LogP contribution is -2.33. The van der Waals surface area contributed by atoms with Crippen molar-refractivity contribution in [2.45, 2.75) is 31.8 Å². The Kier molecular flexibility index (Phi) is 5.85. The van der Waals surface area contributed by atoms with Crippen molar-refractivity contribution in [3.63, 3.8) is 0 Å². The second-order valence-electron chi connectivity index (χ2n) is 6.85.